The van der Waals surface area contributed by atoms with Crippen LogP contribution in [0, 0.1) is 12.8 Å². The van der Waals surface area contributed by atoms with E-state index in [1.807, 2.05) is 26.0 Å². The first-order valence-electron chi connectivity index (χ1n) is 7.75. The van der Waals surface area contributed by atoms with Crippen molar-refractivity contribution in [3.63, 3.8) is 0 Å². The summed E-state index contributed by atoms with van der Waals surface area (Å²) in [6, 6.07) is 5.46. The van der Waals surface area contributed by atoms with E-state index in [4.69, 9.17) is 0 Å². The van der Waals surface area contributed by atoms with Crippen LogP contribution in [0.25, 0.3) is 0 Å². The van der Waals surface area contributed by atoms with Gasteiger partial charge in [-0.3, -0.25) is 0 Å². The van der Waals surface area contributed by atoms with Gasteiger partial charge in [0, 0.05) is 13.1 Å². The van der Waals surface area contributed by atoms with Crippen LogP contribution in [0.5, 0.6) is 0 Å². The molecule has 1 aromatic carbocycles. The van der Waals surface area contributed by atoms with Crippen molar-refractivity contribution < 1.29 is 8.42 Å². The summed E-state index contributed by atoms with van der Waals surface area (Å²) < 4.78 is 27.7. The smallest absolute Gasteiger partial charge is 0.240 e. The number of hydrogen-bond acceptors (Lipinski definition) is 3. The molecule has 4 nitrogen and oxygen atoms in total. The van der Waals surface area contributed by atoms with Crippen molar-refractivity contribution >= 4 is 10.0 Å². The molecular formula is C16H28N2O2S. The van der Waals surface area contributed by atoms with Gasteiger partial charge in [0.25, 0.3) is 0 Å². The molecule has 0 saturated carbocycles. The first kappa shape index (κ1) is 18.1. The lowest BCUT2D eigenvalue weighted by Gasteiger charge is -2.16. The summed E-state index contributed by atoms with van der Waals surface area (Å²) in [7, 11) is -3.43. The molecule has 0 aliphatic heterocycles. The van der Waals surface area contributed by atoms with Crippen molar-refractivity contribution in [3.05, 3.63) is 29.3 Å². The lowest BCUT2D eigenvalue weighted by atomic mass is 10.0. The molecule has 0 radical (unpaired) electrons. The highest BCUT2D eigenvalue weighted by Crippen LogP contribution is 2.19. The Kier molecular flexibility index (Phi) is 7.35. The molecule has 0 aliphatic carbocycles. The van der Waals surface area contributed by atoms with Crippen LogP contribution in [-0.4, -0.2) is 21.5 Å². The fraction of sp³-hybridized carbons (Fsp3) is 0.625. The maximum Gasteiger partial charge on any atom is 0.240 e. The van der Waals surface area contributed by atoms with Crippen LogP contribution in [0.2, 0.25) is 0 Å². The lowest BCUT2D eigenvalue weighted by molar-refractivity contribution is 0.478. The average molecular weight is 312 g/mol. The topological polar surface area (TPSA) is 58.2 Å². The average Bonchev–Trinajstić information content (AvgIpc) is 2.47. The molecule has 1 aromatic rings. The van der Waals surface area contributed by atoms with Crippen LogP contribution in [0.4, 0.5) is 0 Å². The summed E-state index contributed by atoms with van der Waals surface area (Å²) in [6.07, 6.45) is 1.97. The van der Waals surface area contributed by atoms with Gasteiger partial charge >= 0.3 is 0 Å². The largest absolute Gasteiger partial charge is 0.313 e. The zero-order chi connectivity index (χ0) is 15.9. The van der Waals surface area contributed by atoms with Gasteiger partial charge in [0.2, 0.25) is 10.0 Å². The van der Waals surface area contributed by atoms with Crippen LogP contribution < -0.4 is 10.0 Å². The summed E-state index contributed by atoms with van der Waals surface area (Å²) in [5.41, 5.74) is 1.86. The molecule has 21 heavy (non-hydrogen) atoms. The Labute approximate surface area is 129 Å². The van der Waals surface area contributed by atoms with Gasteiger partial charge in [0.15, 0.2) is 0 Å². The number of sulfonamides is 1. The van der Waals surface area contributed by atoms with Crippen LogP contribution in [0.1, 0.15) is 44.7 Å². The lowest BCUT2D eigenvalue weighted by Crippen LogP contribution is -2.30. The highest BCUT2D eigenvalue weighted by molar-refractivity contribution is 7.89. The van der Waals surface area contributed by atoms with Crippen molar-refractivity contribution in [3.8, 4) is 0 Å². The molecule has 120 valence electrons. The molecule has 2 N–H and O–H groups in total. The van der Waals surface area contributed by atoms with Crippen molar-refractivity contribution in [1.82, 2.24) is 10.0 Å². The van der Waals surface area contributed by atoms with Crippen LogP contribution in [-0.2, 0) is 16.6 Å². The summed E-state index contributed by atoms with van der Waals surface area (Å²) in [5.74, 6) is 0.394. The minimum Gasteiger partial charge on any atom is -0.313 e. The molecule has 0 aliphatic rings. The van der Waals surface area contributed by atoms with E-state index in [-0.39, 0.29) is 0 Å². The summed E-state index contributed by atoms with van der Waals surface area (Å²) >= 11 is 0. The predicted molar refractivity (Wildman–Crippen MR) is 87.8 cm³/mol. The Morgan fingerprint density at radius 1 is 1.14 bits per heavy atom. The second-order valence-corrected chi connectivity index (χ2v) is 7.09. The molecule has 0 bridgehead atoms. The normalized spacial score (nSPS) is 12.0. The van der Waals surface area contributed by atoms with Gasteiger partial charge in [-0.1, -0.05) is 45.7 Å². The number of benzene rings is 1. The quantitative estimate of drug-likeness (QED) is 0.737. The van der Waals surface area contributed by atoms with E-state index < -0.39 is 10.0 Å². The van der Waals surface area contributed by atoms with Crippen molar-refractivity contribution in [2.24, 2.45) is 5.92 Å². The number of hydrogen-bond donors (Lipinski definition) is 2. The molecule has 0 amide bonds. The second-order valence-electron chi connectivity index (χ2n) is 5.36. The van der Waals surface area contributed by atoms with E-state index in [0.29, 0.717) is 23.9 Å². The number of nitrogens with one attached hydrogen (secondary N) is 2. The second kappa shape index (κ2) is 8.51. The van der Waals surface area contributed by atoms with Crippen molar-refractivity contribution in [1.29, 1.82) is 0 Å². The SMILES string of the molecule is CCNCc1cccc(S(=O)(=O)NCC(CC)CC)c1C. The number of rotatable bonds is 9. The van der Waals surface area contributed by atoms with Gasteiger partial charge in [-0.2, -0.15) is 0 Å². The van der Waals surface area contributed by atoms with E-state index in [0.717, 1.165) is 30.5 Å². The Bertz CT molecular complexity index is 537. The molecule has 0 heterocycles. The molecule has 0 atom stereocenters. The van der Waals surface area contributed by atoms with Gasteiger partial charge in [-0.25, -0.2) is 13.1 Å². The zero-order valence-corrected chi connectivity index (χ0v) is 14.4. The van der Waals surface area contributed by atoms with E-state index >= 15 is 0 Å². The van der Waals surface area contributed by atoms with Crippen molar-refractivity contribution in [2.75, 3.05) is 13.1 Å². The van der Waals surface area contributed by atoms with Crippen molar-refractivity contribution in [2.45, 2.75) is 52.0 Å². The van der Waals surface area contributed by atoms with Crippen LogP contribution in [0.3, 0.4) is 0 Å². The third-order valence-corrected chi connectivity index (χ3v) is 5.54. The van der Waals surface area contributed by atoms with Gasteiger partial charge in [-0.05, 0) is 36.6 Å². The highest BCUT2D eigenvalue weighted by Gasteiger charge is 2.19. The van der Waals surface area contributed by atoms with E-state index in [9.17, 15) is 8.42 Å². The Morgan fingerprint density at radius 2 is 1.81 bits per heavy atom. The molecule has 0 spiro atoms. The zero-order valence-electron chi connectivity index (χ0n) is 13.6. The standard InChI is InChI=1S/C16H28N2O2S/c1-5-14(6-2)11-18-21(19,20)16-10-8-9-15(13(16)4)12-17-7-3/h8-10,14,17-18H,5-7,11-12H2,1-4H3. The molecular weight excluding hydrogens is 284 g/mol. The minimum atomic E-state index is -3.43. The molecule has 5 heteroatoms. The van der Waals surface area contributed by atoms with E-state index in [2.05, 4.69) is 23.9 Å². The Morgan fingerprint density at radius 3 is 2.38 bits per heavy atom. The molecule has 0 aromatic heterocycles. The third-order valence-electron chi connectivity index (χ3n) is 3.97. The van der Waals surface area contributed by atoms with Gasteiger partial charge in [-0.15, -0.1) is 0 Å². The fourth-order valence-corrected chi connectivity index (χ4v) is 3.69. The van der Waals surface area contributed by atoms with Crippen LogP contribution in [0.15, 0.2) is 23.1 Å². The first-order chi connectivity index (χ1) is 9.96. The first-order valence-corrected chi connectivity index (χ1v) is 9.23. The fourth-order valence-electron chi connectivity index (χ4n) is 2.28. The van der Waals surface area contributed by atoms with E-state index in [1.165, 1.54) is 0 Å². The monoisotopic (exact) mass is 312 g/mol. The Hall–Kier alpha value is -0.910. The maximum absolute atomic E-state index is 12.5. The maximum atomic E-state index is 12.5. The van der Waals surface area contributed by atoms with E-state index in [1.54, 1.807) is 6.07 Å². The molecule has 0 unspecified atom stereocenters. The predicted octanol–water partition coefficient (Wildman–Crippen LogP) is 2.82. The van der Waals surface area contributed by atoms with Gasteiger partial charge < -0.3 is 5.32 Å². The highest BCUT2D eigenvalue weighted by atomic mass is 32.2. The molecule has 0 fully saturated rings. The summed E-state index contributed by atoms with van der Waals surface area (Å²) in [6.45, 7) is 10.1. The molecule has 0 saturated heterocycles. The van der Waals surface area contributed by atoms with Gasteiger partial charge in [0.1, 0.15) is 0 Å². The molecule has 1 rings (SSSR count). The Balaban J connectivity index is 2.92. The van der Waals surface area contributed by atoms with Crippen LogP contribution >= 0.6 is 0 Å². The minimum absolute atomic E-state index is 0.392. The summed E-state index contributed by atoms with van der Waals surface area (Å²) in [5, 5.41) is 3.24. The third kappa shape index (κ3) is 5.09. The summed E-state index contributed by atoms with van der Waals surface area (Å²) in [4.78, 5) is 0.392. The van der Waals surface area contributed by atoms with Gasteiger partial charge in [0.05, 0.1) is 4.90 Å².